The first-order valence-corrected chi connectivity index (χ1v) is 8.46. The lowest BCUT2D eigenvalue weighted by atomic mass is 9.97. The highest BCUT2D eigenvalue weighted by molar-refractivity contribution is 6.36. The standard InChI is InChI=1S/C14H31NSi/c1-12(2)9-10-16-11-15(13(3,4)5)14(6,7)8/h9H,10-11,16H2,1-8H3. The summed E-state index contributed by atoms with van der Waals surface area (Å²) >= 11 is 0. The first kappa shape index (κ1) is 15.9. The summed E-state index contributed by atoms with van der Waals surface area (Å²) in [6, 6.07) is 1.34. The third kappa shape index (κ3) is 6.49. The molecule has 0 N–H and O–H groups in total. The Morgan fingerprint density at radius 1 is 1.00 bits per heavy atom. The van der Waals surface area contributed by atoms with Gasteiger partial charge in [-0.05, 0) is 67.6 Å². The molecule has 0 unspecified atom stereocenters. The van der Waals surface area contributed by atoms with Crippen LogP contribution >= 0.6 is 0 Å². The molecule has 0 aromatic heterocycles. The summed E-state index contributed by atoms with van der Waals surface area (Å²) in [5, 5.41) is 0. The van der Waals surface area contributed by atoms with E-state index in [-0.39, 0.29) is 20.6 Å². The molecular weight excluding hydrogens is 210 g/mol. The van der Waals surface area contributed by atoms with Crippen LogP contribution in [-0.4, -0.2) is 31.7 Å². The van der Waals surface area contributed by atoms with Crippen molar-refractivity contribution >= 4 is 9.52 Å². The van der Waals surface area contributed by atoms with Crippen LogP contribution in [0.4, 0.5) is 0 Å². The molecule has 16 heavy (non-hydrogen) atoms. The Morgan fingerprint density at radius 3 is 1.75 bits per heavy atom. The van der Waals surface area contributed by atoms with Crippen LogP contribution in [0.5, 0.6) is 0 Å². The van der Waals surface area contributed by atoms with E-state index in [0.29, 0.717) is 0 Å². The molecule has 0 fully saturated rings. The van der Waals surface area contributed by atoms with Gasteiger partial charge in [0.1, 0.15) is 0 Å². The number of hydrogen-bond donors (Lipinski definition) is 0. The quantitative estimate of drug-likeness (QED) is 0.414. The van der Waals surface area contributed by atoms with Crippen molar-refractivity contribution in [3.63, 3.8) is 0 Å². The second kappa shape index (κ2) is 6.01. The predicted molar refractivity (Wildman–Crippen MR) is 79.0 cm³/mol. The molecule has 1 nitrogen and oxygen atoms in total. The minimum absolute atomic E-state index is 0.0110. The van der Waals surface area contributed by atoms with Gasteiger partial charge in [-0.3, -0.25) is 4.90 Å². The molecule has 0 bridgehead atoms. The molecule has 0 spiro atoms. The Bertz CT molecular complexity index is 212. The van der Waals surface area contributed by atoms with Crippen molar-refractivity contribution in [2.24, 2.45) is 0 Å². The molecule has 0 radical (unpaired) electrons. The van der Waals surface area contributed by atoms with Gasteiger partial charge in [0.15, 0.2) is 0 Å². The first-order chi connectivity index (χ1) is 7.05. The van der Waals surface area contributed by atoms with Gasteiger partial charge in [-0.2, -0.15) is 0 Å². The highest BCUT2D eigenvalue weighted by Gasteiger charge is 2.30. The summed E-state index contributed by atoms with van der Waals surface area (Å²) in [5.41, 5.74) is 2.04. The topological polar surface area (TPSA) is 3.24 Å². The molecule has 0 amide bonds. The zero-order valence-electron chi connectivity index (χ0n) is 12.6. The molecule has 0 rings (SSSR count). The van der Waals surface area contributed by atoms with Gasteiger partial charge < -0.3 is 0 Å². The maximum Gasteiger partial charge on any atom is 0.0407 e. The molecule has 0 atom stereocenters. The van der Waals surface area contributed by atoms with Crippen molar-refractivity contribution in [2.75, 3.05) is 6.17 Å². The van der Waals surface area contributed by atoms with Crippen molar-refractivity contribution in [3.8, 4) is 0 Å². The molecular formula is C14H31NSi. The molecule has 0 aliphatic rings. The third-order valence-electron chi connectivity index (χ3n) is 2.76. The second-order valence-corrected chi connectivity index (χ2v) is 8.65. The Labute approximate surface area is 105 Å². The fraction of sp³-hybridized carbons (Fsp3) is 0.857. The normalized spacial score (nSPS) is 13.8. The minimum Gasteiger partial charge on any atom is -0.297 e. The van der Waals surface area contributed by atoms with Gasteiger partial charge in [-0.1, -0.05) is 11.6 Å². The monoisotopic (exact) mass is 241 g/mol. The van der Waals surface area contributed by atoms with Crippen molar-refractivity contribution in [1.82, 2.24) is 4.90 Å². The van der Waals surface area contributed by atoms with Crippen LogP contribution < -0.4 is 0 Å². The Morgan fingerprint density at radius 2 is 1.44 bits per heavy atom. The molecule has 0 aromatic rings. The van der Waals surface area contributed by atoms with Gasteiger partial charge in [0.2, 0.25) is 0 Å². The van der Waals surface area contributed by atoms with Gasteiger partial charge in [0, 0.05) is 20.6 Å². The van der Waals surface area contributed by atoms with Crippen LogP contribution in [-0.2, 0) is 0 Å². The number of hydrogen-bond acceptors (Lipinski definition) is 1. The summed E-state index contributed by atoms with van der Waals surface area (Å²) in [6.45, 7) is 18.3. The highest BCUT2D eigenvalue weighted by atomic mass is 28.2. The van der Waals surface area contributed by atoms with Crippen LogP contribution in [0.15, 0.2) is 11.6 Å². The van der Waals surface area contributed by atoms with E-state index in [9.17, 15) is 0 Å². The van der Waals surface area contributed by atoms with E-state index in [4.69, 9.17) is 0 Å². The number of rotatable bonds is 4. The Balaban J connectivity index is 4.32. The zero-order chi connectivity index (χ0) is 13.0. The predicted octanol–water partition coefficient (Wildman–Crippen LogP) is 3.40. The molecule has 0 heterocycles. The van der Waals surface area contributed by atoms with Crippen molar-refractivity contribution < 1.29 is 0 Å². The summed E-state index contributed by atoms with van der Waals surface area (Å²) in [6.07, 6.45) is 3.71. The minimum atomic E-state index is 0.0110. The second-order valence-electron chi connectivity index (χ2n) is 6.92. The number of nitrogens with zero attached hydrogens (tertiary/aromatic N) is 1. The molecule has 0 aliphatic carbocycles. The van der Waals surface area contributed by atoms with Gasteiger partial charge in [-0.25, -0.2) is 0 Å². The summed E-state index contributed by atoms with van der Waals surface area (Å²) in [7, 11) is 0.0110. The zero-order valence-corrected chi connectivity index (χ0v) is 14.1. The largest absolute Gasteiger partial charge is 0.297 e. The van der Waals surface area contributed by atoms with E-state index in [1.54, 1.807) is 0 Å². The lowest BCUT2D eigenvalue weighted by Gasteiger charge is -2.45. The summed E-state index contributed by atoms with van der Waals surface area (Å²) in [4.78, 5) is 2.66. The SMILES string of the molecule is CC(C)=CC[SiH2]CN(C(C)(C)C)C(C)(C)C. The molecule has 96 valence electrons. The van der Waals surface area contributed by atoms with Crippen molar-refractivity contribution in [3.05, 3.63) is 11.6 Å². The fourth-order valence-corrected chi connectivity index (χ4v) is 4.94. The third-order valence-corrected chi connectivity index (χ3v) is 4.22. The van der Waals surface area contributed by atoms with Gasteiger partial charge in [0.05, 0.1) is 0 Å². The maximum absolute atomic E-state index is 2.66. The Kier molecular flexibility index (Phi) is 5.98. The smallest absolute Gasteiger partial charge is 0.0407 e. The van der Waals surface area contributed by atoms with Crippen LogP contribution in [0.25, 0.3) is 0 Å². The van der Waals surface area contributed by atoms with Gasteiger partial charge in [-0.15, -0.1) is 0 Å². The molecule has 0 aliphatic heterocycles. The van der Waals surface area contributed by atoms with E-state index in [0.717, 1.165) is 0 Å². The molecule has 2 heteroatoms. The first-order valence-electron chi connectivity index (χ1n) is 6.46. The van der Waals surface area contributed by atoms with Gasteiger partial charge >= 0.3 is 0 Å². The average molecular weight is 241 g/mol. The summed E-state index contributed by atoms with van der Waals surface area (Å²) in [5.74, 6) is 0. The number of allylic oxidation sites excluding steroid dienone is 2. The van der Waals surface area contributed by atoms with Crippen LogP contribution in [0.1, 0.15) is 55.4 Å². The molecule has 0 aromatic carbocycles. The maximum atomic E-state index is 2.66. The van der Waals surface area contributed by atoms with Crippen molar-refractivity contribution in [2.45, 2.75) is 72.5 Å². The molecule has 0 saturated carbocycles. The lowest BCUT2D eigenvalue weighted by molar-refractivity contribution is 0.0592. The van der Waals surface area contributed by atoms with Crippen LogP contribution in [0.3, 0.4) is 0 Å². The lowest BCUT2D eigenvalue weighted by Crippen LogP contribution is -2.54. The van der Waals surface area contributed by atoms with E-state index in [1.165, 1.54) is 17.8 Å². The molecule has 0 saturated heterocycles. The van der Waals surface area contributed by atoms with Crippen molar-refractivity contribution in [1.29, 1.82) is 0 Å². The average Bonchev–Trinajstić information content (AvgIpc) is 1.97. The van der Waals surface area contributed by atoms with Crippen LogP contribution in [0.2, 0.25) is 6.04 Å². The van der Waals surface area contributed by atoms with E-state index >= 15 is 0 Å². The Hall–Kier alpha value is -0.0831. The van der Waals surface area contributed by atoms with Crippen LogP contribution in [0, 0.1) is 0 Å². The van der Waals surface area contributed by atoms with E-state index in [2.05, 4.69) is 66.4 Å². The van der Waals surface area contributed by atoms with Gasteiger partial charge in [0.25, 0.3) is 0 Å². The van der Waals surface area contributed by atoms with E-state index in [1.807, 2.05) is 0 Å². The summed E-state index contributed by atoms with van der Waals surface area (Å²) < 4.78 is 0. The highest BCUT2D eigenvalue weighted by Crippen LogP contribution is 2.23. The fourth-order valence-electron chi connectivity index (χ4n) is 2.32. The van der Waals surface area contributed by atoms with E-state index < -0.39 is 0 Å².